The molecule has 2 rings (SSSR count). The van der Waals surface area contributed by atoms with Gasteiger partial charge in [-0.25, -0.2) is 12.8 Å². The molecule has 0 aliphatic heterocycles. The lowest BCUT2D eigenvalue weighted by Gasteiger charge is -2.18. The number of amides is 1. The van der Waals surface area contributed by atoms with Crippen molar-refractivity contribution < 1.29 is 27.1 Å². The van der Waals surface area contributed by atoms with Gasteiger partial charge in [-0.2, -0.15) is 4.31 Å². The molecule has 0 spiro atoms. The van der Waals surface area contributed by atoms with Gasteiger partial charge in [0.15, 0.2) is 0 Å². The second-order valence-corrected chi connectivity index (χ2v) is 8.02. The zero-order valence-electron chi connectivity index (χ0n) is 16.2. The van der Waals surface area contributed by atoms with Crippen molar-refractivity contribution in [2.45, 2.75) is 25.3 Å². The van der Waals surface area contributed by atoms with Crippen LogP contribution in [0.4, 0.5) is 4.39 Å². The third kappa shape index (κ3) is 6.10. The predicted molar refractivity (Wildman–Crippen MR) is 105 cm³/mol. The van der Waals surface area contributed by atoms with E-state index in [4.69, 9.17) is 4.74 Å². The van der Waals surface area contributed by atoms with Crippen LogP contribution in [0.5, 0.6) is 0 Å². The molecule has 0 aliphatic rings. The number of hydrogen-bond donors (Lipinski definition) is 1. The van der Waals surface area contributed by atoms with Crippen LogP contribution in [-0.2, 0) is 26.2 Å². The Morgan fingerprint density at radius 1 is 1.07 bits per heavy atom. The Labute approximate surface area is 169 Å². The minimum atomic E-state index is -3.61. The number of carbonyl (C=O) groups excluding carboxylic acids is 2. The van der Waals surface area contributed by atoms with Crippen molar-refractivity contribution in [1.29, 1.82) is 0 Å². The number of hydrogen-bond acceptors (Lipinski definition) is 5. The van der Waals surface area contributed by atoms with Gasteiger partial charge >= 0.3 is 5.97 Å². The van der Waals surface area contributed by atoms with Crippen LogP contribution in [0.3, 0.4) is 0 Å². The minimum absolute atomic E-state index is 0.0900. The van der Waals surface area contributed by atoms with Gasteiger partial charge in [-0.1, -0.05) is 26.0 Å². The molecule has 7 nitrogen and oxygen atoms in total. The Kier molecular flexibility index (Phi) is 7.86. The number of nitrogens with zero attached hydrogens (tertiary/aromatic N) is 1. The number of carbonyl (C=O) groups is 2. The maximum Gasteiger partial charge on any atom is 0.325 e. The summed E-state index contributed by atoms with van der Waals surface area (Å²) in [5.74, 6) is -1.65. The van der Waals surface area contributed by atoms with Gasteiger partial charge in [-0.05, 0) is 42.0 Å². The van der Waals surface area contributed by atoms with Gasteiger partial charge in [0.25, 0.3) is 5.91 Å². The van der Waals surface area contributed by atoms with Gasteiger partial charge in [0.1, 0.15) is 19.0 Å². The van der Waals surface area contributed by atoms with Crippen molar-refractivity contribution in [2.75, 3.05) is 19.6 Å². The Morgan fingerprint density at radius 3 is 2.31 bits per heavy atom. The lowest BCUT2D eigenvalue weighted by Crippen LogP contribution is -2.31. The Bertz CT molecular complexity index is 957. The van der Waals surface area contributed by atoms with Crippen LogP contribution < -0.4 is 5.32 Å². The molecule has 0 unspecified atom stereocenters. The Balaban J connectivity index is 1.90. The summed E-state index contributed by atoms with van der Waals surface area (Å²) >= 11 is 0. The smallest absolute Gasteiger partial charge is 0.325 e. The summed E-state index contributed by atoms with van der Waals surface area (Å²) < 4.78 is 44.3. The summed E-state index contributed by atoms with van der Waals surface area (Å²) in [5, 5.41) is 2.40. The molecule has 2 aromatic rings. The Hall–Kier alpha value is -2.78. The van der Waals surface area contributed by atoms with Crippen LogP contribution in [0.1, 0.15) is 29.8 Å². The molecule has 9 heteroatoms. The van der Waals surface area contributed by atoms with E-state index in [9.17, 15) is 22.4 Å². The summed E-state index contributed by atoms with van der Waals surface area (Å²) in [6.07, 6.45) is 0. The molecule has 156 valence electrons. The van der Waals surface area contributed by atoms with E-state index in [1.807, 2.05) is 0 Å². The van der Waals surface area contributed by atoms with Crippen LogP contribution >= 0.6 is 0 Å². The highest BCUT2D eigenvalue weighted by molar-refractivity contribution is 7.89. The molecule has 1 amide bonds. The molecular formula is C20H23FN2O5S. The fraction of sp³-hybridized carbons (Fsp3) is 0.300. The monoisotopic (exact) mass is 422 g/mol. The van der Waals surface area contributed by atoms with Gasteiger partial charge in [-0.3, -0.25) is 9.59 Å². The highest BCUT2D eigenvalue weighted by atomic mass is 32.2. The molecule has 0 heterocycles. The average Bonchev–Trinajstić information content (AvgIpc) is 2.71. The van der Waals surface area contributed by atoms with Crippen LogP contribution in [0.15, 0.2) is 53.4 Å². The molecular weight excluding hydrogens is 399 g/mol. The van der Waals surface area contributed by atoms with Crippen molar-refractivity contribution in [3.8, 4) is 0 Å². The lowest BCUT2D eigenvalue weighted by atomic mass is 10.2. The summed E-state index contributed by atoms with van der Waals surface area (Å²) in [6.45, 7) is 3.71. The van der Waals surface area contributed by atoms with Crippen molar-refractivity contribution >= 4 is 21.9 Å². The zero-order valence-corrected chi connectivity index (χ0v) is 17.0. The second kappa shape index (κ2) is 10.1. The van der Waals surface area contributed by atoms with E-state index in [0.717, 1.165) is 0 Å². The normalized spacial score (nSPS) is 11.3. The van der Waals surface area contributed by atoms with E-state index < -0.39 is 27.7 Å². The fourth-order valence-electron chi connectivity index (χ4n) is 2.59. The topological polar surface area (TPSA) is 92.8 Å². The first-order valence-corrected chi connectivity index (χ1v) is 10.5. The van der Waals surface area contributed by atoms with E-state index in [2.05, 4.69) is 5.32 Å². The number of benzene rings is 2. The van der Waals surface area contributed by atoms with Crippen molar-refractivity contribution in [3.05, 3.63) is 65.5 Å². The third-order valence-corrected chi connectivity index (χ3v) is 6.21. The van der Waals surface area contributed by atoms with Crippen LogP contribution in [0.25, 0.3) is 0 Å². The third-order valence-electron chi connectivity index (χ3n) is 4.14. The maximum atomic E-state index is 13.1. The largest absolute Gasteiger partial charge is 0.460 e. The quantitative estimate of drug-likeness (QED) is 0.626. The zero-order chi connectivity index (χ0) is 21.4. The molecule has 0 saturated carbocycles. The molecule has 0 radical (unpaired) electrons. The van der Waals surface area contributed by atoms with Crippen molar-refractivity contribution in [2.24, 2.45) is 0 Å². The molecule has 29 heavy (non-hydrogen) atoms. The number of halogens is 1. The van der Waals surface area contributed by atoms with Gasteiger partial charge < -0.3 is 10.1 Å². The van der Waals surface area contributed by atoms with E-state index in [-0.39, 0.29) is 23.6 Å². The standard InChI is InChI=1S/C20H23FN2O5S/c1-3-23(4-2)29(26,27)18-10-8-16(9-11-18)20(25)22-13-19(24)28-14-15-6-5-7-17(21)12-15/h5-12H,3-4,13-14H2,1-2H3,(H,22,25). The lowest BCUT2D eigenvalue weighted by molar-refractivity contribution is -0.143. The van der Waals surface area contributed by atoms with Gasteiger partial charge in [-0.15, -0.1) is 0 Å². The average molecular weight is 422 g/mol. The van der Waals surface area contributed by atoms with Gasteiger partial charge in [0, 0.05) is 18.7 Å². The first-order chi connectivity index (χ1) is 13.8. The molecule has 1 N–H and O–H groups in total. The summed E-state index contributed by atoms with van der Waals surface area (Å²) in [7, 11) is -3.61. The number of ether oxygens (including phenoxy) is 1. The van der Waals surface area contributed by atoms with Crippen molar-refractivity contribution in [1.82, 2.24) is 9.62 Å². The predicted octanol–water partition coefficient (Wildman–Crippen LogP) is 2.33. The number of nitrogens with one attached hydrogen (secondary N) is 1. The van der Waals surface area contributed by atoms with Gasteiger partial charge in [0.2, 0.25) is 10.0 Å². The second-order valence-electron chi connectivity index (χ2n) is 6.09. The molecule has 0 atom stereocenters. The molecule has 0 fully saturated rings. The first-order valence-electron chi connectivity index (χ1n) is 9.06. The highest BCUT2D eigenvalue weighted by Crippen LogP contribution is 2.16. The summed E-state index contributed by atoms with van der Waals surface area (Å²) in [4.78, 5) is 24.0. The molecule has 0 aliphatic carbocycles. The SMILES string of the molecule is CCN(CC)S(=O)(=O)c1ccc(C(=O)NCC(=O)OCc2cccc(F)c2)cc1. The van der Waals surface area contributed by atoms with Gasteiger partial charge in [0.05, 0.1) is 4.90 Å². The maximum absolute atomic E-state index is 13.1. The molecule has 0 bridgehead atoms. The summed E-state index contributed by atoms with van der Waals surface area (Å²) in [5.41, 5.74) is 0.705. The van der Waals surface area contributed by atoms with E-state index in [1.165, 1.54) is 46.8 Å². The fourth-order valence-corrected chi connectivity index (χ4v) is 4.04. The highest BCUT2D eigenvalue weighted by Gasteiger charge is 2.21. The van der Waals surface area contributed by atoms with E-state index in [0.29, 0.717) is 18.7 Å². The minimum Gasteiger partial charge on any atom is -0.460 e. The van der Waals surface area contributed by atoms with Crippen LogP contribution in [-0.4, -0.2) is 44.2 Å². The number of sulfonamides is 1. The number of esters is 1. The first kappa shape index (κ1) is 22.5. The van der Waals surface area contributed by atoms with Crippen LogP contribution in [0.2, 0.25) is 0 Å². The van der Waals surface area contributed by atoms with E-state index in [1.54, 1.807) is 19.9 Å². The van der Waals surface area contributed by atoms with E-state index >= 15 is 0 Å². The summed E-state index contributed by atoms with van der Waals surface area (Å²) in [6, 6.07) is 11.1. The van der Waals surface area contributed by atoms with Crippen LogP contribution in [0, 0.1) is 5.82 Å². The van der Waals surface area contributed by atoms with Crippen molar-refractivity contribution in [3.63, 3.8) is 0 Å². The molecule has 0 aromatic heterocycles. The number of rotatable bonds is 9. The molecule has 2 aromatic carbocycles. The molecule has 0 saturated heterocycles. The Morgan fingerprint density at radius 2 is 1.72 bits per heavy atom.